The first-order valence-electron chi connectivity index (χ1n) is 14.8. The van der Waals surface area contributed by atoms with Crippen molar-refractivity contribution >= 4 is 40.4 Å². The smallest absolute Gasteiger partial charge is 0.251 e. The van der Waals surface area contributed by atoms with Crippen molar-refractivity contribution in [1.82, 2.24) is 25.5 Å². The van der Waals surface area contributed by atoms with Crippen LogP contribution in [0.5, 0.6) is 11.5 Å². The van der Waals surface area contributed by atoms with Crippen LogP contribution in [0.4, 0.5) is 0 Å². The average Bonchev–Trinajstić information content (AvgIpc) is 3.77. The largest absolute Gasteiger partial charge is 0.455 e. The minimum Gasteiger partial charge on any atom is -0.455 e. The second-order valence-corrected chi connectivity index (χ2v) is 12.9. The molecule has 220 valence electrons. The monoisotopic (exact) mass is 595 g/mol. The lowest BCUT2D eigenvalue weighted by Crippen LogP contribution is -2.49. The number of hydrogen-bond donors (Lipinski definition) is 3. The first-order chi connectivity index (χ1) is 20.9. The van der Waals surface area contributed by atoms with Crippen LogP contribution < -0.4 is 15.4 Å². The van der Waals surface area contributed by atoms with Crippen molar-refractivity contribution < 1.29 is 19.1 Å². The zero-order valence-corrected chi connectivity index (χ0v) is 24.7. The summed E-state index contributed by atoms with van der Waals surface area (Å²) in [5.41, 5.74) is 2.21. The van der Waals surface area contributed by atoms with E-state index in [2.05, 4.69) is 20.6 Å². The lowest BCUT2D eigenvalue weighted by atomic mass is 9.84. The fraction of sp³-hybridized carbons (Fsp3) is 0.333. The van der Waals surface area contributed by atoms with Crippen LogP contribution in [0, 0.1) is 5.41 Å². The number of carbonyl (C=O) groups excluding carboxylic acids is 3. The Morgan fingerprint density at radius 2 is 1.91 bits per heavy atom. The van der Waals surface area contributed by atoms with Gasteiger partial charge in [0.25, 0.3) is 5.91 Å². The Balaban J connectivity index is 1.02. The maximum Gasteiger partial charge on any atom is 0.251 e. The van der Waals surface area contributed by atoms with Crippen LogP contribution in [0.3, 0.4) is 0 Å². The predicted octanol–water partition coefficient (Wildman–Crippen LogP) is 5.59. The Morgan fingerprint density at radius 1 is 1.09 bits per heavy atom. The minimum atomic E-state index is -0.578. The van der Waals surface area contributed by atoms with E-state index < -0.39 is 6.04 Å². The molecule has 1 saturated heterocycles. The van der Waals surface area contributed by atoms with E-state index in [0.29, 0.717) is 24.3 Å². The molecule has 3 N–H and O–H groups in total. The fourth-order valence-corrected chi connectivity index (χ4v) is 7.61. The van der Waals surface area contributed by atoms with E-state index in [0.717, 1.165) is 57.8 Å². The Bertz CT molecular complexity index is 1700. The topological polar surface area (TPSA) is 116 Å². The van der Waals surface area contributed by atoms with Crippen molar-refractivity contribution in [2.45, 2.75) is 60.9 Å². The Morgan fingerprint density at radius 3 is 2.74 bits per heavy atom. The van der Waals surface area contributed by atoms with Gasteiger partial charge in [-0.15, -0.1) is 0 Å². The van der Waals surface area contributed by atoms with Gasteiger partial charge in [-0.05, 0) is 74.1 Å². The van der Waals surface area contributed by atoms with Gasteiger partial charge in [-0.25, -0.2) is 0 Å². The number of amides is 3. The zero-order chi connectivity index (χ0) is 29.6. The van der Waals surface area contributed by atoms with E-state index in [1.54, 1.807) is 41.2 Å². The molecule has 3 aliphatic rings. The second kappa shape index (κ2) is 11.1. The van der Waals surface area contributed by atoms with Crippen molar-refractivity contribution in [3.63, 3.8) is 0 Å². The van der Waals surface area contributed by atoms with Crippen LogP contribution in [0.15, 0.2) is 76.8 Å². The molecular weight excluding hydrogens is 562 g/mol. The Labute approximate surface area is 253 Å². The van der Waals surface area contributed by atoms with E-state index in [1.165, 1.54) is 0 Å². The summed E-state index contributed by atoms with van der Waals surface area (Å²) in [4.78, 5) is 51.5. The van der Waals surface area contributed by atoms with Crippen LogP contribution in [-0.2, 0) is 9.59 Å². The van der Waals surface area contributed by atoms with E-state index in [9.17, 15) is 14.4 Å². The molecule has 2 aromatic carbocycles. The molecule has 2 aliphatic heterocycles. The highest BCUT2D eigenvalue weighted by molar-refractivity contribution is 7.99. The molecule has 43 heavy (non-hydrogen) atoms. The number of carbonyl (C=O) groups is 3. The van der Waals surface area contributed by atoms with Gasteiger partial charge in [-0.1, -0.05) is 36.7 Å². The number of para-hydroxylation sites is 1. The summed E-state index contributed by atoms with van der Waals surface area (Å²) in [7, 11) is 0. The number of likely N-dealkylation sites (tertiary alicyclic amines) is 1. The number of ether oxygens (including phenoxy) is 1. The number of aromatic amines is 1. The Hall–Kier alpha value is -4.31. The molecule has 1 aliphatic carbocycles. The number of H-pyrrole nitrogens is 1. The number of nitrogens with one attached hydrogen (secondary N) is 3. The summed E-state index contributed by atoms with van der Waals surface area (Å²) in [6.07, 6.45) is 8.38. The van der Waals surface area contributed by atoms with Crippen LogP contribution in [-0.4, -0.2) is 51.7 Å². The number of benzene rings is 2. The van der Waals surface area contributed by atoms with Crippen molar-refractivity contribution in [3.8, 4) is 11.5 Å². The molecule has 0 radical (unpaired) electrons. The van der Waals surface area contributed by atoms with Gasteiger partial charge in [0.1, 0.15) is 17.5 Å². The lowest BCUT2D eigenvalue weighted by molar-refractivity contribution is -0.138. The third-order valence-electron chi connectivity index (χ3n) is 8.96. The van der Waals surface area contributed by atoms with Gasteiger partial charge < -0.3 is 25.3 Å². The maximum atomic E-state index is 13.6. The van der Waals surface area contributed by atoms with Crippen LogP contribution in [0.25, 0.3) is 10.9 Å². The molecular formula is C33H33N5O4S. The SMILES string of the molecule is C[C@@H](NC(=O)[C@@H]1CC2(CCCC2)CN1C(=O)CNC(=O)c1ccc2c(c1)Oc1ccccc1S2)c1cc2cnccc2[nH]1. The van der Waals surface area contributed by atoms with Gasteiger partial charge in [0, 0.05) is 41.1 Å². The van der Waals surface area contributed by atoms with E-state index in [4.69, 9.17) is 4.74 Å². The van der Waals surface area contributed by atoms with Crippen molar-refractivity contribution in [1.29, 1.82) is 0 Å². The van der Waals surface area contributed by atoms with Crippen LogP contribution >= 0.6 is 11.8 Å². The molecule has 1 saturated carbocycles. The van der Waals surface area contributed by atoms with Crippen molar-refractivity contribution in [3.05, 3.63) is 78.2 Å². The summed E-state index contributed by atoms with van der Waals surface area (Å²) >= 11 is 1.59. The van der Waals surface area contributed by atoms with Gasteiger partial charge >= 0.3 is 0 Å². The second-order valence-electron chi connectivity index (χ2n) is 11.9. The predicted molar refractivity (Wildman–Crippen MR) is 163 cm³/mol. The highest BCUT2D eigenvalue weighted by Gasteiger charge is 2.49. The normalized spacial score (nSPS) is 19.0. The third-order valence-corrected chi connectivity index (χ3v) is 10.1. The average molecular weight is 596 g/mol. The number of fused-ring (bicyclic) bond motifs is 3. The standard InChI is InChI=1S/C33H33N5O4S/c1-20(24-14-22-17-34-13-10-23(22)37-24)36-32(41)25-16-33(11-4-5-12-33)19-38(25)30(39)18-35-31(40)21-8-9-29-27(15-21)42-26-6-2-3-7-28(26)43-29/h2-3,6-10,13-15,17,20,25,37H,4-5,11-12,16,18-19H2,1H3,(H,35,40)(H,36,41)/t20-,25+/m1/s1. The molecule has 2 atom stereocenters. The number of aromatic nitrogens is 2. The van der Waals surface area contributed by atoms with Gasteiger partial charge in [0.15, 0.2) is 0 Å². The number of nitrogens with zero attached hydrogens (tertiary/aromatic N) is 2. The molecule has 0 unspecified atom stereocenters. The first kappa shape index (κ1) is 27.5. The molecule has 9 nitrogen and oxygen atoms in total. The quantitative estimate of drug-likeness (QED) is 0.236. The fourth-order valence-electron chi connectivity index (χ4n) is 6.68. The van der Waals surface area contributed by atoms with Crippen LogP contribution in [0.2, 0.25) is 0 Å². The Kier molecular flexibility index (Phi) is 7.09. The van der Waals surface area contributed by atoms with E-state index in [1.807, 2.05) is 49.4 Å². The highest BCUT2D eigenvalue weighted by Crippen LogP contribution is 2.48. The summed E-state index contributed by atoms with van der Waals surface area (Å²) in [6.45, 7) is 2.29. The zero-order valence-electron chi connectivity index (χ0n) is 23.9. The third kappa shape index (κ3) is 5.35. The van der Waals surface area contributed by atoms with Crippen LogP contribution in [0.1, 0.15) is 61.1 Å². The molecule has 10 heteroatoms. The van der Waals surface area contributed by atoms with Gasteiger partial charge in [0.2, 0.25) is 11.8 Å². The van der Waals surface area contributed by atoms with Gasteiger partial charge in [0.05, 0.1) is 22.4 Å². The van der Waals surface area contributed by atoms with E-state index >= 15 is 0 Å². The molecule has 1 spiro atoms. The van der Waals surface area contributed by atoms with Gasteiger partial charge in [-0.3, -0.25) is 19.4 Å². The maximum absolute atomic E-state index is 13.6. The number of pyridine rings is 1. The minimum absolute atomic E-state index is 0.0402. The molecule has 2 aromatic heterocycles. The van der Waals surface area contributed by atoms with E-state index in [-0.39, 0.29) is 35.7 Å². The van der Waals surface area contributed by atoms with Gasteiger partial charge in [-0.2, -0.15) is 0 Å². The molecule has 3 amide bonds. The molecule has 4 heterocycles. The number of hydrogen-bond acceptors (Lipinski definition) is 6. The summed E-state index contributed by atoms with van der Waals surface area (Å²) < 4.78 is 6.02. The summed E-state index contributed by atoms with van der Waals surface area (Å²) in [6, 6.07) is 16.1. The van der Waals surface area contributed by atoms with Crippen molar-refractivity contribution in [2.75, 3.05) is 13.1 Å². The molecule has 0 bridgehead atoms. The highest BCUT2D eigenvalue weighted by atomic mass is 32.2. The molecule has 7 rings (SSSR count). The number of rotatable bonds is 6. The van der Waals surface area contributed by atoms with Crippen molar-refractivity contribution in [2.24, 2.45) is 5.41 Å². The molecule has 2 fully saturated rings. The summed E-state index contributed by atoms with van der Waals surface area (Å²) in [5.74, 6) is 0.587. The first-order valence-corrected chi connectivity index (χ1v) is 15.6. The molecule has 4 aromatic rings. The summed E-state index contributed by atoms with van der Waals surface area (Å²) in [5, 5.41) is 6.89. The lowest BCUT2D eigenvalue weighted by Gasteiger charge is -2.26.